The van der Waals surface area contributed by atoms with E-state index in [-0.39, 0.29) is 5.92 Å². The lowest BCUT2D eigenvalue weighted by Gasteiger charge is -2.09. The van der Waals surface area contributed by atoms with Crippen LogP contribution in [-0.2, 0) is 6.54 Å². The Morgan fingerprint density at radius 1 is 1.59 bits per heavy atom. The number of pyridine rings is 1. The summed E-state index contributed by atoms with van der Waals surface area (Å²) in [5, 5.41) is 0.577. The van der Waals surface area contributed by atoms with E-state index in [0.717, 1.165) is 17.0 Å². The molecule has 0 aromatic carbocycles. The molecule has 0 saturated heterocycles. The van der Waals surface area contributed by atoms with Crippen LogP contribution in [0.2, 0.25) is 5.02 Å². The maximum Gasteiger partial charge on any atom is 0.160 e. The van der Waals surface area contributed by atoms with Gasteiger partial charge in [0.25, 0.3) is 0 Å². The maximum atomic E-state index is 5.90. The van der Waals surface area contributed by atoms with Gasteiger partial charge >= 0.3 is 0 Å². The standard InChI is InChI=1S/C11H13ClN4S/c1-6(2)10-15-8-3-7(12)4-14-11(8)16(10)5-9(13)17/h3-4,6H,5H2,1-2H3,(H2,13,17). The second-order valence-corrected chi connectivity index (χ2v) is 5.13. The molecule has 2 N–H and O–H groups in total. The molecule has 0 amide bonds. The third kappa shape index (κ3) is 2.40. The van der Waals surface area contributed by atoms with Crippen LogP contribution in [0.15, 0.2) is 12.3 Å². The normalized spacial score (nSPS) is 11.3. The molecule has 0 unspecified atom stereocenters. The molecule has 0 spiro atoms. The molecule has 2 aromatic heterocycles. The van der Waals surface area contributed by atoms with E-state index < -0.39 is 0 Å². The van der Waals surface area contributed by atoms with E-state index >= 15 is 0 Å². The third-order valence-corrected chi connectivity index (χ3v) is 2.75. The van der Waals surface area contributed by atoms with Gasteiger partial charge in [-0.3, -0.25) is 0 Å². The fourth-order valence-electron chi connectivity index (χ4n) is 1.76. The van der Waals surface area contributed by atoms with E-state index in [0.29, 0.717) is 16.6 Å². The number of nitrogens with two attached hydrogens (primary N) is 1. The van der Waals surface area contributed by atoms with E-state index in [9.17, 15) is 0 Å². The number of rotatable bonds is 3. The molecular weight excluding hydrogens is 256 g/mol. The number of nitrogens with zero attached hydrogens (tertiary/aromatic N) is 3. The minimum atomic E-state index is 0.275. The molecule has 0 bridgehead atoms. The van der Waals surface area contributed by atoms with Crippen LogP contribution in [0.1, 0.15) is 25.6 Å². The second-order valence-electron chi connectivity index (χ2n) is 4.17. The first-order chi connectivity index (χ1) is 7.99. The molecule has 4 nitrogen and oxygen atoms in total. The molecule has 0 aliphatic carbocycles. The molecule has 0 saturated carbocycles. The molecule has 90 valence electrons. The van der Waals surface area contributed by atoms with E-state index in [2.05, 4.69) is 23.8 Å². The fraction of sp³-hybridized carbons (Fsp3) is 0.364. The summed E-state index contributed by atoms with van der Waals surface area (Å²) in [4.78, 5) is 9.24. The number of hydrogen-bond donors (Lipinski definition) is 1. The number of imidazole rings is 1. The monoisotopic (exact) mass is 268 g/mol. The number of halogens is 1. The van der Waals surface area contributed by atoms with Crippen LogP contribution >= 0.6 is 23.8 Å². The molecule has 0 aliphatic heterocycles. The summed E-state index contributed by atoms with van der Waals surface area (Å²) < 4.78 is 1.94. The predicted molar refractivity (Wildman–Crippen MR) is 73.4 cm³/mol. The number of hydrogen-bond acceptors (Lipinski definition) is 3. The average Bonchev–Trinajstić information content (AvgIpc) is 2.55. The van der Waals surface area contributed by atoms with E-state index in [1.807, 2.05) is 4.57 Å². The average molecular weight is 269 g/mol. The van der Waals surface area contributed by atoms with E-state index in [4.69, 9.17) is 29.6 Å². The molecular formula is C11H13ClN4S. The van der Waals surface area contributed by atoms with Crippen molar-refractivity contribution in [1.29, 1.82) is 0 Å². The highest BCUT2D eigenvalue weighted by molar-refractivity contribution is 7.80. The summed E-state index contributed by atoms with van der Waals surface area (Å²) in [7, 11) is 0. The molecule has 0 fully saturated rings. The minimum Gasteiger partial charge on any atom is -0.392 e. The fourth-order valence-corrected chi connectivity index (χ4v) is 2.04. The first kappa shape index (κ1) is 12.3. The Morgan fingerprint density at radius 2 is 2.29 bits per heavy atom. The Bertz CT molecular complexity index is 576. The Kier molecular flexibility index (Phi) is 3.31. The summed E-state index contributed by atoms with van der Waals surface area (Å²) in [5.74, 6) is 1.19. The Balaban J connectivity index is 2.66. The molecule has 2 aromatic rings. The topological polar surface area (TPSA) is 56.7 Å². The predicted octanol–water partition coefficient (Wildman–Crippen LogP) is 2.49. The smallest absolute Gasteiger partial charge is 0.160 e. The van der Waals surface area contributed by atoms with Crippen molar-refractivity contribution in [3.8, 4) is 0 Å². The van der Waals surface area contributed by atoms with Crippen molar-refractivity contribution in [1.82, 2.24) is 14.5 Å². The Morgan fingerprint density at radius 3 is 2.88 bits per heavy atom. The molecule has 2 heterocycles. The molecule has 2 rings (SSSR count). The number of aromatic nitrogens is 3. The molecule has 0 atom stereocenters. The van der Waals surface area contributed by atoms with Gasteiger partial charge in [0.05, 0.1) is 16.6 Å². The Labute approximate surface area is 110 Å². The number of fused-ring (bicyclic) bond motifs is 1. The zero-order chi connectivity index (χ0) is 12.6. The highest BCUT2D eigenvalue weighted by atomic mass is 35.5. The van der Waals surface area contributed by atoms with E-state index in [1.165, 1.54) is 0 Å². The van der Waals surface area contributed by atoms with Crippen molar-refractivity contribution in [2.75, 3.05) is 0 Å². The van der Waals surface area contributed by atoms with Gasteiger partial charge < -0.3 is 10.3 Å². The van der Waals surface area contributed by atoms with Crippen molar-refractivity contribution in [2.24, 2.45) is 5.73 Å². The summed E-state index contributed by atoms with van der Waals surface area (Å²) >= 11 is 10.9. The van der Waals surface area contributed by atoms with Gasteiger partial charge in [-0.05, 0) is 6.07 Å². The van der Waals surface area contributed by atoms with Gasteiger partial charge in [0.1, 0.15) is 11.3 Å². The highest BCUT2D eigenvalue weighted by Crippen LogP contribution is 2.22. The van der Waals surface area contributed by atoms with Gasteiger partial charge in [-0.2, -0.15) is 0 Å². The molecule has 6 heteroatoms. The van der Waals surface area contributed by atoms with Crippen LogP contribution in [-0.4, -0.2) is 19.5 Å². The van der Waals surface area contributed by atoms with Gasteiger partial charge in [0, 0.05) is 12.1 Å². The van der Waals surface area contributed by atoms with Gasteiger partial charge in [0.15, 0.2) is 5.65 Å². The SMILES string of the molecule is CC(C)c1nc2cc(Cl)cnc2n1CC(N)=S. The van der Waals surface area contributed by atoms with Crippen molar-refractivity contribution in [3.63, 3.8) is 0 Å². The lowest BCUT2D eigenvalue weighted by molar-refractivity contribution is 0.700. The zero-order valence-corrected chi connectivity index (χ0v) is 11.2. The maximum absolute atomic E-state index is 5.90. The third-order valence-electron chi connectivity index (χ3n) is 2.41. The lowest BCUT2D eigenvalue weighted by Crippen LogP contribution is -2.19. The van der Waals surface area contributed by atoms with Gasteiger partial charge in [-0.25, -0.2) is 9.97 Å². The molecule has 17 heavy (non-hydrogen) atoms. The number of thiocarbonyl (C=S) groups is 1. The van der Waals surface area contributed by atoms with Crippen molar-refractivity contribution in [3.05, 3.63) is 23.1 Å². The first-order valence-electron chi connectivity index (χ1n) is 5.29. The largest absolute Gasteiger partial charge is 0.392 e. The van der Waals surface area contributed by atoms with Crippen LogP contribution < -0.4 is 5.73 Å². The second kappa shape index (κ2) is 4.58. The van der Waals surface area contributed by atoms with Crippen molar-refractivity contribution < 1.29 is 0 Å². The summed E-state index contributed by atoms with van der Waals surface area (Å²) in [6.45, 7) is 4.59. The van der Waals surface area contributed by atoms with Crippen LogP contribution in [0.25, 0.3) is 11.2 Å². The van der Waals surface area contributed by atoms with Crippen LogP contribution in [0.4, 0.5) is 0 Å². The minimum absolute atomic E-state index is 0.275. The van der Waals surface area contributed by atoms with Gasteiger partial charge in [-0.15, -0.1) is 0 Å². The van der Waals surface area contributed by atoms with E-state index in [1.54, 1.807) is 12.3 Å². The summed E-state index contributed by atoms with van der Waals surface area (Å²) in [6.07, 6.45) is 1.60. The Hall–Kier alpha value is -1.20. The first-order valence-corrected chi connectivity index (χ1v) is 6.07. The van der Waals surface area contributed by atoms with Crippen molar-refractivity contribution >= 4 is 40.0 Å². The van der Waals surface area contributed by atoms with Crippen LogP contribution in [0.3, 0.4) is 0 Å². The lowest BCUT2D eigenvalue weighted by atomic mass is 10.2. The van der Waals surface area contributed by atoms with Gasteiger partial charge in [-0.1, -0.05) is 37.7 Å². The van der Waals surface area contributed by atoms with Crippen LogP contribution in [0, 0.1) is 0 Å². The van der Waals surface area contributed by atoms with Gasteiger partial charge in [0.2, 0.25) is 0 Å². The quantitative estimate of drug-likeness (QED) is 0.869. The summed E-state index contributed by atoms with van der Waals surface area (Å²) in [6, 6.07) is 1.80. The summed E-state index contributed by atoms with van der Waals surface area (Å²) in [5.41, 5.74) is 7.15. The van der Waals surface area contributed by atoms with Crippen molar-refractivity contribution in [2.45, 2.75) is 26.3 Å². The molecule has 0 radical (unpaired) electrons. The highest BCUT2D eigenvalue weighted by Gasteiger charge is 2.15. The zero-order valence-electron chi connectivity index (χ0n) is 9.64. The molecule has 0 aliphatic rings. The van der Waals surface area contributed by atoms with Crippen LogP contribution in [0.5, 0.6) is 0 Å².